The second-order valence-corrected chi connectivity index (χ2v) is 6.47. The van der Waals surface area contributed by atoms with Gasteiger partial charge in [0.25, 0.3) is 0 Å². The number of thioether (sulfide) groups is 1. The Morgan fingerprint density at radius 3 is 2.30 bits per heavy atom. The van der Waals surface area contributed by atoms with Crippen molar-refractivity contribution in [2.75, 3.05) is 12.8 Å². The van der Waals surface area contributed by atoms with Crippen molar-refractivity contribution in [1.82, 2.24) is 5.32 Å². The minimum absolute atomic E-state index is 0.461. The molecule has 0 aliphatic heterocycles. The Morgan fingerprint density at radius 2 is 1.70 bits per heavy atom. The standard InChI is InChI=1S/C17H20ClNS/c1-13-3-9-17(10-4-13)20-12-16(19-2)11-14-5-7-15(18)8-6-14/h3-10,16,19H,11-12H2,1-2H3. The van der Waals surface area contributed by atoms with Crippen molar-refractivity contribution < 1.29 is 0 Å². The van der Waals surface area contributed by atoms with Gasteiger partial charge in [0.2, 0.25) is 0 Å². The fourth-order valence-electron chi connectivity index (χ4n) is 1.98. The van der Waals surface area contributed by atoms with Crippen LogP contribution in [-0.2, 0) is 6.42 Å². The molecule has 0 spiro atoms. The third-order valence-electron chi connectivity index (χ3n) is 3.28. The van der Waals surface area contributed by atoms with E-state index in [2.05, 4.69) is 48.6 Å². The van der Waals surface area contributed by atoms with Gasteiger partial charge in [-0.25, -0.2) is 0 Å². The van der Waals surface area contributed by atoms with Crippen molar-refractivity contribution in [2.45, 2.75) is 24.3 Å². The molecule has 0 amide bonds. The topological polar surface area (TPSA) is 12.0 Å². The minimum Gasteiger partial charge on any atom is -0.316 e. The molecule has 0 bridgehead atoms. The van der Waals surface area contributed by atoms with Crippen LogP contribution in [0.3, 0.4) is 0 Å². The highest BCUT2D eigenvalue weighted by molar-refractivity contribution is 7.99. The normalized spacial score (nSPS) is 12.3. The molecule has 106 valence electrons. The summed E-state index contributed by atoms with van der Waals surface area (Å²) < 4.78 is 0. The van der Waals surface area contributed by atoms with Crippen LogP contribution in [-0.4, -0.2) is 18.8 Å². The lowest BCUT2D eigenvalue weighted by Crippen LogP contribution is -2.30. The van der Waals surface area contributed by atoms with Gasteiger partial charge in [-0.05, 0) is 50.2 Å². The summed E-state index contributed by atoms with van der Waals surface area (Å²) in [6.07, 6.45) is 1.02. The second kappa shape index (κ2) is 7.72. The van der Waals surface area contributed by atoms with E-state index in [9.17, 15) is 0 Å². The lowest BCUT2D eigenvalue weighted by molar-refractivity contribution is 0.617. The number of rotatable bonds is 6. The molecular weight excluding hydrogens is 286 g/mol. The van der Waals surface area contributed by atoms with Crippen LogP contribution in [0.1, 0.15) is 11.1 Å². The first-order valence-corrected chi connectivity index (χ1v) is 8.15. The smallest absolute Gasteiger partial charge is 0.0406 e. The lowest BCUT2D eigenvalue weighted by atomic mass is 10.1. The van der Waals surface area contributed by atoms with E-state index in [1.165, 1.54) is 16.0 Å². The maximum absolute atomic E-state index is 5.92. The molecule has 0 fully saturated rings. The Bertz CT molecular complexity index is 522. The van der Waals surface area contributed by atoms with Crippen molar-refractivity contribution >= 4 is 23.4 Å². The molecule has 0 saturated carbocycles. The van der Waals surface area contributed by atoms with Crippen LogP contribution in [0.2, 0.25) is 5.02 Å². The third-order valence-corrected chi connectivity index (χ3v) is 4.70. The zero-order valence-corrected chi connectivity index (χ0v) is 13.5. The number of benzene rings is 2. The van der Waals surface area contributed by atoms with Crippen LogP contribution in [0.5, 0.6) is 0 Å². The van der Waals surface area contributed by atoms with E-state index in [0.29, 0.717) is 6.04 Å². The van der Waals surface area contributed by atoms with Gasteiger partial charge >= 0.3 is 0 Å². The fourth-order valence-corrected chi connectivity index (χ4v) is 3.11. The maximum Gasteiger partial charge on any atom is 0.0406 e. The van der Waals surface area contributed by atoms with Crippen LogP contribution in [0.25, 0.3) is 0 Å². The Kier molecular flexibility index (Phi) is 5.96. The van der Waals surface area contributed by atoms with Gasteiger partial charge in [0.1, 0.15) is 0 Å². The molecule has 0 saturated heterocycles. The van der Waals surface area contributed by atoms with Gasteiger partial charge in [-0.2, -0.15) is 0 Å². The van der Waals surface area contributed by atoms with Crippen molar-refractivity contribution in [3.05, 3.63) is 64.7 Å². The van der Waals surface area contributed by atoms with E-state index in [0.717, 1.165) is 17.2 Å². The van der Waals surface area contributed by atoms with Gasteiger partial charge in [-0.15, -0.1) is 11.8 Å². The largest absolute Gasteiger partial charge is 0.316 e. The van der Waals surface area contributed by atoms with Gasteiger partial charge in [0, 0.05) is 21.7 Å². The van der Waals surface area contributed by atoms with Crippen molar-refractivity contribution in [1.29, 1.82) is 0 Å². The van der Waals surface area contributed by atoms with E-state index in [1.54, 1.807) is 0 Å². The number of halogens is 1. The van der Waals surface area contributed by atoms with Gasteiger partial charge in [-0.1, -0.05) is 41.4 Å². The Morgan fingerprint density at radius 1 is 1.05 bits per heavy atom. The first-order valence-electron chi connectivity index (χ1n) is 6.78. The maximum atomic E-state index is 5.92. The van der Waals surface area contributed by atoms with Crippen molar-refractivity contribution in [2.24, 2.45) is 0 Å². The van der Waals surface area contributed by atoms with E-state index in [4.69, 9.17) is 11.6 Å². The molecule has 1 atom stereocenters. The summed E-state index contributed by atoms with van der Waals surface area (Å²) in [6, 6.07) is 17.3. The first kappa shape index (κ1) is 15.4. The van der Waals surface area contributed by atoms with Crippen LogP contribution < -0.4 is 5.32 Å². The van der Waals surface area contributed by atoms with Gasteiger partial charge < -0.3 is 5.32 Å². The van der Waals surface area contributed by atoms with E-state index < -0.39 is 0 Å². The zero-order valence-electron chi connectivity index (χ0n) is 11.9. The third kappa shape index (κ3) is 4.86. The molecule has 0 heterocycles. The highest BCUT2D eigenvalue weighted by Gasteiger charge is 2.08. The average Bonchev–Trinajstić information content (AvgIpc) is 2.47. The molecule has 2 rings (SSSR count). The van der Waals surface area contributed by atoms with Crippen molar-refractivity contribution in [3.8, 4) is 0 Å². The number of aryl methyl sites for hydroxylation is 1. The molecule has 20 heavy (non-hydrogen) atoms. The summed E-state index contributed by atoms with van der Waals surface area (Å²) in [5.41, 5.74) is 2.62. The van der Waals surface area contributed by atoms with E-state index in [-0.39, 0.29) is 0 Å². The molecule has 0 aliphatic carbocycles. The Labute approximate surface area is 130 Å². The summed E-state index contributed by atoms with van der Waals surface area (Å²) in [5, 5.41) is 4.19. The average molecular weight is 306 g/mol. The van der Waals surface area contributed by atoms with Crippen LogP contribution in [0.15, 0.2) is 53.4 Å². The minimum atomic E-state index is 0.461. The quantitative estimate of drug-likeness (QED) is 0.785. The monoisotopic (exact) mass is 305 g/mol. The van der Waals surface area contributed by atoms with Gasteiger partial charge in [0.15, 0.2) is 0 Å². The Hall–Kier alpha value is -0.960. The first-order chi connectivity index (χ1) is 9.67. The fraction of sp³-hybridized carbons (Fsp3) is 0.294. The van der Waals surface area contributed by atoms with Crippen LogP contribution in [0, 0.1) is 6.92 Å². The molecule has 0 radical (unpaired) electrons. The van der Waals surface area contributed by atoms with Crippen molar-refractivity contribution in [3.63, 3.8) is 0 Å². The lowest BCUT2D eigenvalue weighted by Gasteiger charge is -2.16. The summed E-state index contributed by atoms with van der Waals surface area (Å²) in [4.78, 5) is 1.33. The summed E-state index contributed by atoms with van der Waals surface area (Å²) in [7, 11) is 2.02. The van der Waals surface area contributed by atoms with E-state index >= 15 is 0 Å². The number of hydrogen-bond donors (Lipinski definition) is 1. The highest BCUT2D eigenvalue weighted by atomic mass is 35.5. The molecule has 0 aromatic heterocycles. The molecule has 1 unspecified atom stereocenters. The van der Waals surface area contributed by atoms with Gasteiger partial charge in [0.05, 0.1) is 0 Å². The highest BCUT2D eigenvalue weighted by Crippen LogP contribution is 2.20. The van der Waals surface area contributed by atoms with Gasteiger partial charge in [-0.3, -0.25) is 0 Å². The molecule has 3 heteroatoms. The summed E-state index contributed by atoms with van der Waals surface area (Å²) in [5.74, 6) is 1.06. The number of nitrogens with one attached hydrogen (secondary N) is 1. The molecule has 1 N–H and O–H groups in total. The second-order valence-electron chi connectivity index (χ2n) is 4.94. The summed E-state index contributed by atoms with van der Waals surface area (Å²) in [6.45, 7) is 2.12. The molecule has 2 aromatic carbocycles. The number of likely N-dealkylation sites (N-methyl/N-ethyl adjacent to an activating group) is 1. The number of hydrogen-bond acceptors (Lipinski definition) is 2. The Balaban J connectivity index is 1.88. The van der Waals surface area contributed by atoms with E-state index in [1.807, 2.05) is 30.9 Å². The molecule has 1 nitrogen and oxygen atoms in total. The molecule has 2 aromatic rings. The summed E-state index contributed by atoms with van der Waals surface area (Å²) >= 11 is 7.81. The predicted octanol–water partition coefficient (Wildman–Crippen LogP) is 4.57. The predicted molar refractivity (Wildman–Crippen MR) is 89.9 cm³/mol. The molecular formula is C17H20ClNS. The van der Waals surface area contributed by atoms with Crippen LogP contribution >= 0.6 is 23.4 Å². The SMILES string of the molecule is CNC(CSc1ccc(C)cc1)Cc1ccc(Cl)cc1. The van der Waals surface area contributed by atoms with Crippen LogP contribution in [0.4, 0.5) is 0 Å². The molecule has 0 aliphatic rings. The zero-order chi connectivity index (χ0) is 14.4.